The van der Waals surface area contributed by atoms with Crippen molar-refractivity contribution >= 4 is 5.91 Å². The Hall–Kier alpha value is -0.570. The van der Waals surface area contributed by atoms with E-state index in [9.17, 15) is 4.79 Å². The molecule has 1 rings (SSSR count). The van der Waals surface area contributed by atoms with Gasteiger partial charge in [0.05, 0.1) is 0 Å². The first kappa shape index (κ1) is 14.5. The van der Waals surface area contributed by atoms with Gasteiger partial charge in [-0.3, -0.25) is 4.79 Å². The average molecular weight is 240 g/mol. The van der Waals surface area contributed by atoms with Gasteiger partial charge in [-0.1, -0.05) is 27.2 Å². The van der Waals surface area contributed by atoms with Gasteiger partial charge in [0.15, 0.2) is 0 Å². The summed E-state index contributed by atoms with van der Waals surface area (Å²) in [5.74, 6) is 2.09. The van der Waals surface area contributed by atoms with Crippen LogP contribution in [0.5, 0.6) is 0 Å². The summed E-state index contributed by atoms with van der Waals surface area (Å²) in [6, 6.07) is 0.403. The number of rotatable bonds is 6. The van der Waals surface area contributed by atoms with Crippen LogP contribution in [0.15, 0.2) is 0 Å². The van der Waals surface area contributed by atoms with Crippen molar-refractivity contribution in [3.8, 4) is 0 Å². The van der Waals surface area contributed by atoms with E-state index in [1.54, 1.807) is 0 Å². The first-order chi connectivity index (χ1) is 8.08. The Kier molecular flexibility index (Phi) is 5.96. The maximum absolute atomic E-state index is 11.8. The Labute approximate surface area is 106 Å². The maximum atomic E-state index is 11.8. The quantitative estimate of drug-likeness (QED) is 0.748. The molecule has 100 valence electrons. The van der Waals surface area contributed by atoms with E-state index in [0.717, 1.165) is 18.8 Å². The summed E-state index contributed by atoms with van der Waals surface area (Å²) in [5.41, 5.74) is 5.55. The highest BCUT2D eigenvalue weighted by atomic mass is 16.1. The molecule has 0 heterocycles. The van der Waals surface area contributed by atoms with Crippen LogP contribution in [0.25, 0.3) is 0 Å². The largest absolute Gasteiger partial charge is 0.353 e. The van der Waals surface area contributed by atoms with Gasteiger partial charge in [0, 0.05) is 12.5 Å². The van der Waals surface area contributed by atoms with Crippen LogP contribution in [-0.4, -0.2) is 18.5 Å². The van der Waals surface area contributed by atoms with E-state index >= 15 is 0 Å². The normalized spacial score (nSPS) is 30.2. The van der Waals surface area contributed by atoms with Crippen LogP contribution in [0.4, 0.5) is 0 Å². The highest BCUT2D eigenvalue weighted by Crippen LogP contribution is 2.33. The molecule has 0 saturated heterocycles. The van der Waals surface area contributed by atoms with E-state index in [1.165, 1.54) is 12.8 Å². The number of nitrogens with two attached hydrogens (primary N) is 1. The molecule has 0 aromatic carbocycles. The molecule has 0 radical (unpaired) electrons. The van der Waals surface area contributed by atoms with E-state index in [0.29, 0.717) is 30.8 Å². The molecule has 4 unspecified atom stereocenters. The second kappa shape index (κ2) is 7.00. The molecular weight excluding hydrogens is 212 g/mol. The van der Waals surface area contributed by atoms with Gasteiger partial charge in [0.1, 0.15) is 0 Å². The van der Waals surface area contributed by atoms with Gasteiger partial charge in [-0.05, 0) is 43.6 Å². The molecule has 3 N–H and O–H groups in total. The maximum Gasteiger partial charge on any atom is 0.220 e. The predicted octanol–water partition coefficient (Wildman–Crippen LogP) is 2.30. The fourth-order valence-electron chi connectivity index (χ4n) is 2.80. The second-order valence-corrected chi connectivity index (χ2v) is 5.66. The molecule has 17 heavy (non-hydrogen) atoms. The molecule has 0 aromatic rings. The number of hydrogen-bond donors (Lipinski definition) is 2. The summed E-state index contributed by atoms with van der Waals surface area (Å²) in [7, 11) is 0. The lowest BCUT2D eigenvalue weighted by atomic mass is 9.93. The van der Waals surface area contributed by atoms with Gasteiger partial charge in [0.2, 0.25) is 5.91 Å². The summed E-state index contributed by atoms with van der Waals surface area (Å²) in [6.07, 6.45) is 5.18. The zero-order chi connectivity index (χ0) is 12.8. The molecule has 1 aliphatic carbocycles. The summed E-state index contributed by atoms with van der Waals surface area (Å²) >= 11 is 0. The van der Waals surface area contributed by atoms with Crippen molar-refractivity contribution in [3.05, 3.63) is 0 Å². The Morgan fingerprint density at radius 1 is 1.47 bits per heavy atom. The van der Waals surface area contributed by atoms with Crippen molar-refractivity contribution in [1.82, 2.24) is 5.32 Å². The first-order valence-corrected chi connectivity index (χ1v) is 7.07. The topological polar surface area (TPSA) is 55.1 Å². The zero-order valence-electron chi connectivity index (χ0n) is 11.5. The van der Waals surface area contributed by atoms with Gasteiger partial charge >= 0.3 is 0 Å². The van der Waals surface area contributed by atoms with Gasteiger partial charge < -0.3 is 11.1 Å². The molecule has 0 bridgehead atoms. The fraction of sp³-hybridized carbons (Fsp3) is 0.929. The minimum Gasteiger partial charge on any atom is -0.353 e. The number of hydrogen-bond acceptors (Lipinski definition) is 2. The van der Waals surface area contributed by atoms with Crippen molar-refractivity contribution in [3.63, 3.8) is 0 Å². The third kappa shape index (κ3) is 4.30. The molecule has 0 spiro atoms. The molecule has 1 saturated carbocycles. The number of nitrogens with one attached hydrogen (secondary N) is 1. The molecule has 3 nitrogen and oxygen atoms in total. The van der Waals surface area contributed by atoms with Crippen LogP contribution < -0.4 is 11.1 Å². The fourth-order valence-corrected chi connectivity index (χ4v) is 2.80. The Bertz CT molecular complexity index is 242. The van der Waals surface area contributed by atoms with Crippen LogP contribution in [0, 0.1) is 17.8 Å². The van der Waals surface area contributed by atoms with Gasteiger partial charge in [-0.2, -0.15) is 0 Å². The van der Waals surface area contributed by atoms with Crippen LogP contribution in [0.3, 0.4) is 0 Å². The van der Waals surface area contributed by atoms with Crippen molar-refractivity contribution in [2.75, 3.05) is 6.54 Å². The average Bonchev–Trinajstić information content (AvgIpc) is 2.67. The van der Waals surface area contributed by atoms with Crippen molar-refractivity contribution < 1.29 is 4.79 Å². The van der Waals surface area contributed by atoms with Gasteiger partial charge in [-0.25, -0.2) is 0 Å². The molecule has 1 aliphatic rings. The summed E-state index contributed by atoms with van der Waals surface area (Å²) in [4.78, 5) is 11.8. The SMILES string of the molecule is CCC1CCC(NC(=O)CCC(C)CN)C1C. The van der Waals surface area contributed by atoms with E-state index in [4.69, 9.17) is 5.73 Å². The van der Waals surface area contributed by atoms with E-state index in [-0.39, 0.29) is 5.91 Å². The third-order valence-corrected chi connectivity index (χ3v) is 4.36. The van der Waals surface area contributed by atoms with Crippen molar-refractivity contribution in [2.45, 2.75) is 58.9 Å². The number of amides is 1. The minimum absolute atomic E-state index is 0.207. The van der Waals surface area contributed by atoms with E-state index < -0.39 is 0 Å². The standard InChI is InChI=1S/C14H28N2O/c1-4-12-6-7-13(11(12)3)16-14(17)8-5-10(2)9-15/h10-13H,4-9,15H2,1-3H3,(H,16,17). The lowest BCUT2D eigenvalue weighted by Gasteiger charge is -2.21. The zero-order valence-corrected chi connectivity index (χ0v) is 11.5. The van der Waals surface area contributed by atoms with Crippen molar-refractivity contribution in [2.24, 2.45) is 23.5 Å². The lowest BCUT2D eigenvalue weighted by Crippen LogP contribution is -2.37. The second-order valence-electron chi connectivity index (χ2n) is 5.66. The molecular formula is C14H28N2O. The monoisotopic (exact) mass is 240 g/mol. The molecule has 0 aliphatic heterocycles. The smallest absolute Gasteiger partial charge is 0.220 e. The molecule has 1 amide bonds. The molecule has 4 atom stereocenters. The van der Waals surface area contributed by atoms with E-state index in [1.807, 2.05) is 0 Å². The summed E-state index contributed by atoms with van der Waals surface area (Å²) in [5, 5.41) is 3.19. The predicted molar refractivity (Wildman–Crippen MR) is 71.6 cm³/mol. The molecule has 1 fully saturated rings. The minimum atomic E-state index is 0.207. The van der Waals surface area contributed by atoms with Crippen LogP contribution in [0.2, 0.25) is 0 Å². The highest BCUT2D eigenvalue weighted by Gasteiger charge is 2.32. The van der Waals surface area contributed by atoms with Crippen LogP contribution in [0.1, 0.15) is 52.9 Å². The van der Waals surface area contributed by atoms with Crippen molar-refractivity contribution in [1.29, 1.82) is 0 Å². The number of carbonyl (C=O) groups excluding carboxylic acids is 1. The number of carbonyl (C=O) groups is 1. The molecule has 3 heteroatoms. The highest BCUT2D eigenvalue weighted by molar-refractivity contribution is 5.76. The Morgan fingerprint density at radius 3 is 2.71 bits per heavy atom. The van der Waals surface area contributed by atoms with Gasteiger partial charge in [-0.15, -0.1) is 0 Å². The first-order valence-electron chi connectivity index (χ1n) is 7.07. The molecule has 0 aromatic heterocycles. The van der Waals surface area contributed by atoms with Gasteiger partial charge in [0.25, 0.3) is 0 Å². The van der Waals surface area contributed by atoms with Crippen LogP contribution >= 0.6 is 0 Å². The van der Waals surface area contributed by atoms with Crippen LogP contribution in [-0.2, 0) is 4.79 Å². The Balaban J connectivity index is 2.27. The third-order valence-electron chi connectivity index (χ3n) is 4.36. The Morgan fingerprint density at radius 2 is 2.18 bits per heavy atom. The summed E-state index contributed by atoms with van der Waals surface area (Å²) < 4.78 is 0. The summed E-state index contributed by atoms with van der Waals surface area (Å²) in [6.45, 7) is 7.28. The lowest BCUT2D eigenvalue weighted by molar-refractivity contribution is -0.122. The van der Waals surface area contributed by atoms with E-state index in [2.05, 4.69) is 26.1 Å².